The predicted molar refractivity (Wildman–Crippen MR) is 143 cm³/mol. The number of aromatic hydroxyl groups is 1. The maximum atomic E-state index is 12.7. The second kappa shape index (κ2) is 12.7. The van der Waals surface area contributed by atoms with Crippen molar-refractivity contribution in [1.82, 2.24) is 5.48 Å². The third-order valence-electron chi connectivity index (χ3n) is 6.91. The van der Waals surface area contributed by atoms with Gasteiger partial charge in [0.1, 0.15) is 35.4 Å². The van der Waals surface area contributed by atoms with Crippen LogP contribution >= 0.6 is 0 Å². The van der Waals surface area contributed by atoms with Crippen LogP contribution in [0.1, 0.15) is 45.2 Å². The lowest BCUT2D eigenvalue weighted by molar-refractivity contribution is -0.290. The first kappa shape index (κ1) is 30.3. The van der Waals surface area contributed by atoms with Gasteiger partial charge in [-0.25, -0.2) is 9.59 Å². The molecule has 3 N–H and O–H groups in total. The third kappa shape index (κ3) is 6.15. The van der Waals surface area contributed by atoms with Gasteiger partial charge in [-0.3, -0.25) is 4.84 Å². The molecule has 0 saturated carbocycles. The van der Waals surface area contributed by atoms with Crippen molar-refractivity contribution in [3.63, 3.8) is 0 Å². The van der Waals surface area contributed by atoms with Crippen molar-refractivity contribution in [2.24, 2.45) is 11.1 Å². The first-order valence-electron chi connectivity index (χ1n) is 12.4. The zero-order valence-corrected chi connectivity index (χ0v) is 22.8. The molecule has 3 rings (SSSR count). The Morgan fingerprint density at radius 1 is 1.27 bits per heavy atom. The van der Waals surface area contributed by atoms with Gasteiger partial charge < -0.3 is 33.7 Å². The van der Waals surface area contributed by atoms with E-state index in [-0.39, 0.29) is 47.0 Å². The molecule has 0 bridgehead atoms. The average molecular weight is 557 g/mol. The van der Waals surface area contributed by atoms with Crippen molar-refractivity contribution in [2.75, 3.05) is 13.2 Å². The Morgan fingerprint density at radius 2 is 1.98 bits per heavy atom. The number of hydrogen-bond donors (Lipinski definition) is 3. The first-order valence-corrected chi connectivity index (χ1v) is 12.4. The van der Waals surface area contributed by atoms with Crippen LogP contribution in [0.5, 0.6) is 11.5 Å². The second-order valence-electron chi connectivity index (χ2n) is 9.35. The van der Waals surface area contributed by atoms with E-state index in [0.29, 0.717) is 12.0 Å². The highest BCUT2D eigenvalue weighted by molar-refractivity contribution is 6.04. The summed E-state index contributed by atoms with van der Waals surface area (Å²) in [4.78, 5) is 34.7. The van der Waals surface area contributed by atoms with Crippen molar-refractivity contribution < 1.29 is 43.3 Å². The minimum absolute atomic E-state index is 0.0517. The van der Waals surface area contributed by atoms with Crippen molar-refractivity contribution in [2.45, 2.75) is 65.1 Å². The lowest BCUT2D eigenvalue weighted by Gasteiger charge is -2.48. The van der Waals surface area contributed by atoms with Gasteiger partial charge in [0.15, 0.2) is 12.7 Å². The minimum atomic E-state index is -1.41. The summed E-state index contributed by atoms with van der Waals surface area (Å²) in [5, 5.41) is 25.9. The van der Waals surface area contributed by atoms with Crippen molar-refractivity contribution >= 4 is 22.8 Å². The largest absolute Gasteiger partial charge is 0.506 e. The molecule has 1 amide bonds. The van der Waals surface area contributed by atoms with Gasteiger partial charge in [-0.1, -0.05) is 30.8 Å². The average Bonchev–Trinajstić information content (AvgIpc) is 2.92. The molecule has 2 heterocycles. The number of oxime groups is 1. The normalized spacial score (nSPS) is 24.6. The standard InChI is InChI=1S/C28H32N2O10/c1-8-13-35-29-17(6)20-21(31)18-11-12-19(15(4)23(18)38-25(20)33)37-26-22(32)24(16(5)28(7,10-3)40-26)39-27(34)30-36-14-9-2/h1-2,11-12,16,22,24,26,31-32H,10,13-14H2,3-7H3,(H,30,34)/b29-17-/t16-,22-,24-,26?,28+/m1/s1. The number of rotatable bonds is 9. The van der Waals surface area contributed by atoms with Crippen molar-refractivity contribution in [3.05, 3.63) is 33.7 Å². The summed E-state index contributed by atoms with van der Waals surface area (Å²) in [6.07, 6.45) is 6.07. The van der Waals surface area contributed by atoms with E-state index in [9.17, 15) is 19.8 Å². The molecule has 0 radical (unpaired) electrons. The van der Waals surface area contributed by atoms with Crippen LogP contribution in [0.15, 0.2) is 26.5 Å². The number of hydroxylamine groups is 1. The summed E-state index contributed by atoms with van der Waals surface area (Å²) in [5.41, 5.74) is 0.650. The maximum Gasteiger partial charge on any atom is 0.431 e. The molecule has 1 aliphatic rings. The number of aryl methyl sites for hydroxylation is 1. The highest BCUT2D eigenvalue weighted by Gasteiger charge is 2.52. The van der Waals surface area contributed by atoms with Crippen LogP contribution in [0.25, 0.3) is 11.0 Å². The van der Waals surface area contributed by atoms with Crippen LogP contribution in [0.2, 0.25) is 0 Å². The van der Waals surface area contributed by atoms with E-state index in [1.807, 2.05) is 13.8 Å². The number of amides is 1. The van der Waals surface area contributed by atoms with Gasteiger partial charge in [0.05, 0.1) is 16.7 Å². The molecule has 1 saturated heterocycles. The Labute approximate surface area is 231 Å². The molecule has 0 aliphatic carbocycles. The van der Waals surface area contributed by atoms with E-state index >= 15 is 0 Å². The molecular weight excluding hydrogens is 524 g/mol. The van der Waals surface area contributed by atoms with Crippen LogP contribution in [0.4, 0.5) is 4.79 Å². The van der Waals surface area contributed by atoms with Crippen LogP contribution < -0.4 is 15.8 Å². The molecule has 2 aromatic rings. The van der Waals surface area contributed by atoms with Gasteiger partial charge in [0.25, 0.3) is 0 Å². The monoisotopic (exact) mass is 556 g/mol. The van der Waals surface area contributed by atoms with Gasteiger partial charge >= 0.3 is 11.7 Å². The zero-order valence-electron chi connectivity index (χ0n) is 22.8. The smallest absolute Gasteiger partial charge is 0.431 e. The molecular formula is C28H32N2O10. The number of aliphatic hydroxyl groups excluding tert-OH is 1. The van der Waals surface area contributed by atoms with Crippen LogP contribution in [-0.4, -0.2) is 59.3 Å². The van der Waals surface area contributed by atoms with Crippen LogP contribution in [0, 0.1) is 37.5 Å². The highest BCUT2D eigenvalue weighted by Crippen LogP contribution is 2.40. The fourth-order valence-electron chi connectivity index (χ4n) is 4.35. The third-order valence-corrected chi connectivity index (χ3v) is 6.91. The minimum Gasteiger partial charge on any atom is -0.506 e. The molecule has 1 aromatic carbocycles. The Kier molecular flexibility index (Phi) is 9.66. The maximum absolute atomic E-state index is 12.7. The zero-order chi connectivity index (χ0) is 29.6. The Balaban J connectivity index is 1.94. The lowest BCUT2D eigenvalue weighted by Crippen LogP contribution is -2.62. The number of carbonyl (C=O) groups is 1. The first-order chi connectivity index (χ1) is 19.0. The van der Waals surface area contributed by atoms with Crippen LogP contribution in [-0.2, 0) is 19.1 Å². The second-order valence-corrected chi connectivity index (χ2v) is 9.35. The summed E-state index contributed by atoms with van der Waals surface area (Å²) >= 11 is 0. The molecule has 214 valence electrons. The quantitative estimate of drug-likeness (QED) is 0.138. The summed E-state index contributed by atoms with van der Waals surface area (Å²) in [5.74, 6) is 3.84. The lowest BCUT2D eigenvalue weighted by atomic mass is 9.79. The number of benzene rings is 1. The summed E-state index contributed by atoms with van der Waals surface area (Å²) in [7, 11) is 0. The number of aliphatic hydroxyl groups is 1. The number of nitrogens with one attached hydrogen (secondary N) is 1. The van der Waals surface area contributed by atoms with Crippen molar-refractivity contribution in [1.29, 1.82) is 0 Å². The van der Waals surface area contributed by atoms with Gasteiger partial charge in [-0.15, -0.1) is 12.8 Å². The van der Waals surface area contributed by atoms with E-state index in [0.717, 1.165) is 0 Å². The van der Waals surface area contributed by atoms with E-state index < -0.39 is 41.7 Å². The molecule has 0 spiro atoms. The Bertz CT molecular complexity index is 1420. The molecule has 12 nitrogen and oxygen atoms in total. The molecule has 1 aromatic heterocycles. The SMILES string of the molecule is C#CCO/N=C(/C)c1c(O)c2ccc(OC3O[C@@](C)(CC)[C@H](C)[C@@H](OC(=O)NOCC#C)[C@H]3O)c(C)c2oc1=O. The molecule has 1 unspecified atom stereocenters. The molecule has 12 heteroatoms. The van der Waals surface area contributed by atoms with E-state index in [1.54, 1.807) is 13.8 Å². The van der Waals surface area contributed by atoms with E-state index in [1.165, 1.54) is 19.1 Å². The number of fused-ring (bicyclic) bond motifs is 1. The topological polar surface area (TPSA) is 158 Å². The fraction of sp³-hybridized carbons (Fsp3) is 0.464. The predicted octanol–water partition coefficient (Wildman–Crippen LogP) is 2.74. The molecule has 1 fully saturated rings. The van der Waals surface area contributed by atoms with Crippen LogP contribution in [0.3, 0.4) is 0 Å². The van der Waals surface area contributed by atoms with Gasteiger partial charge in [0.2, 0.25) is 6.29 Å². The van der Waals surface area contributed by atoms with Crippen molar-refractivity contribution in [3.8, 4) is 36.2 Å². The van der Waals surface area contributed by atoms with E-state index in [2.05, 4.69) is 22.5 Å². The molecule has 5 atom stereocenters. The highest BCUT2D eigenvalue weighted by atomic mass is 16.7. The number of hydrogen-bond acceptors (Lipinski definition) is 11. The summed E-state index contributed by atoms with van der Waals surface area (Å²) in [6, 6.07) is 3.01. The summed E-state index contributed by atoms with van der Waals surface area (Å²) < 4.78 is 23.1. The Morgan fingerprint density at radius 3 is 2.62 bits per heavy atom. The number of carbonyl (C=O) groups excluding carboxylic acids is 1. The van der Waals surface area contributed by atoms with E-state index in [4.69, 9.17) is 41.1 Å². The number of nitrogens with zero attached hydrogens (tertiary/aromatic N) is 1. The number of terminal acetylenes is 2. The Hall–Kier alpha value is -4.23. The van der Waals surface area contributed by atoms with Gasteiger partial charge in [0, 0.05) is 11.5 Å². The van der Waals surface area contributed by atoms with Gasteiger partial charge in [-0.05, 0) is 39.3 Å². The molecule has 40 heavy (non-hydrogen) atoms. The number of ether oxygens (including phenoxy) is 3. The fourth-order valence-corrected chi connectivity index (χ4v) is 4.35. The molecule has 1 aliphatic heterocycles. The van der Waals surface area contributed by atoms with Gasteiger partial charge in [-0.2, -0.15) is 5.48 Å². The summed E-state index contributed by atoms with van der Waals surface area (Å²) in [6.45, 7) is 8.27.